The predicted octanol–water partition coefficient (Wildman–Crippen LogP) is 2.87. The Morgan fingerprint density at radius 1 is 1.14 bits per heavy atom. The molecule has 0 saturated carbocycles. The summed E-state index contributed by atoms with van der Waals surface area (Å²) in [4.78, 5) is 12.2. The highest BCUT2D eigenvalue weighted by Gasteiger charge is 2.09. The van der Waals surface area contributed by atoms with E-state index >= 15 is 0 Å². The lowest BCUT2D eigenvalue weighted by Crippen LogP contribution is -2.26. The topological polar surface area (TPSA) is 64.3 Å². The lowest BCUT2D eigenvalue weighted by atomic mass is 10.1. The normalized spacial score (nSPS) is 10.3. The standard InChI is InChI=1S/C18H22N2O2/c1-12-5-7-15(19)11-16(12)18(21)20-9-8-14-6-4-13(2)17(10-14)22-3/h4-7,10-11H,8-9,19H2,1-3H3,(H,20,21). The highest BCUT2D eigenvalue weighted by atomic mass is 16.5. The Morgan fingerprint density at radius 2 is 1.86 bits per heavy atom. The summed E-state index contributed by atoms with van der Waals surface area (Å²) in [5, 5.41) is 2.93. The summed E-state index contributed by atoms with van der Waals surface area (Å²) in [6.45, 7) is 4.48. The molecule has 0 aliphatic heterocycles. The summed E-state index contributed by atoms with van der Waals surface area (Å²) >= 11 is 0. The molecule has 2 aromatic rings. The van der Waals surface area contributed by atoms with Gasteiger partial charge < -0.3 is 15.8 Å². The quantitative estimate of drug-likeness (QED) is 0.834. The minimum atomic E-state index is -0.0936. The number of rotatable bonds is 5. The van der Waals surface area contributed by atoms with Crippen LogP contribution in [0.15, 0.2) is 36.4 Å². The van der Waals surface area contributed by atoms with Gasteiger partial charge in [0.1, 0.15) is 5.75 Å². The molecule has 0 aliphatic rings. The van der Waals surface area contributed by atoms with Gasteiger partial charge in [0, 0.05) is 17.8 Å². The van der Waals surface area contributed by atoms with Crippen LogP contribution in [-0.4, -0.2) is 19.6 Å². The Bertz CT molecular complexity index is 681. The van der Waals surface area contributed by atoms with Gasteiger partial charge in [0.05, 0.1) is 7.11 Å². The molecule has 22 heavy (non-hydrogen) atoms. The Balaban J connectivity index is 1.96. The van der Waals surface area contributed by atoms with Crippen LogP contribution in [0.5, 0.6) is 5.75 Å². The first-order valence-electron chi connectivity index (χ1n) is 7.29. The van der Waals surface area contributed by atoms with Gasteiger partial charge in [-0.2, -0.15) is 0 Å². The van der Waals surface area contributed by atoms with Crippen molar-refractivity contribution in [2.45, 2.75) is 20.3 Å². The minimum absolute atomic E-state index is 0.0936. The summed E-state index contributed by atoms with van der Waals surface area (Å²) in [5.41, 5.74) is 10.1. The van der Waals surface area contributed by atoms with E-state index in [0.29, 0.717) is 17.8 Å². The van der Waals surface area contributed by atoms with E-state index in [2.05, 4.69) is 11.4 Å². The van der Waals surface area contributed by atoms with E-state index in [4.69, 9.17) is 10.5 Å². The molecule has 0 spiro atoms. The van der Waals surface area contributed by atoms with Gasteiger partial charge in [0.25, 0.3) is 5.91 Å². The van der Waals surface area contributed by atoms with Crippen LogP contribution >= 0.6 is 0 Å². The van der Waals surface area contributed by atoms with E-state index in [9.17, 15) is 4.79 Å². The number of nitrogens with two attached hydrogens (primary N) is 1. The minimum Gasteiger partial charge on any atom is -0.496 e. The van der Waals surface area contributed by atoms with E-state index < -0.39 is 0 Å². The SMILES string of the molecule is COc1cc(CCNC(=O)c2cc(N)ccc2C)ccc1C. The van der Waals surface area contributed by atoms with Gasteiger partial charge in [-0.15, -0.1) is 0 Å². The Hall–Kier alpha value is -2.49. The first-order valence-corrected chi connectivity index (χ1v) is 7.29. The molecule has 2 rings (SSSR count). The fourth-order valence-electron chi connectivity index (χ4n) is 2.32. The van der Waals surface area contributed by atoms with E-state index in [1.807, 2.05) is 32.0 Å². The summed E-state index contributed by atoms with van der Waals surface area (Å²) in [5.74, 6) is 0.777. The summed E-state index contributed by atoms with van der Waals surface area (Å²) in [6.07, 6.45) is 0.754. The van der Waals surface area contributed by atoms with Crippen LogP contribution < -0.4 is 15.8 Å². The third-order valence-corrected chi connectivity index (χ3v) is 3.68. The lowest BCUT2D eigenvalue weighted by Gasteiger charge is -2.10. The van der Waals surface area contributed by atoms with Gasteiger partial charge in [-0.25, -0.2) is 0 Å². The van der Waals surface area contributed by atoms with Crippen molar-refractivity contribution in [3.63, 3.8) is 0 Å². The van der Waals surface area contributed by atoms with Crippen LogP contribution in [0.4, 0.5) is 5.69 Å². The van der Waals surface area contributed by atoms with Crippen LogP contribution in [0.2, 0.25) is 0 Å². The molecule has 4 heteroatoms. The molecule has 0 aliphatic carbocycles. The molecule has 0 atom stereocenters. The fourth-order valence-corrected chi connectivity index (χ4v) is 2.32. The Morgan fingerprint density at radius 3 is 2.59 bits per heavy atom. The number of nitrogens with one attached hydrogen (secondary N) is 1. The second-order valence-electron chi connectivity index (χ2n) is 5.38. The van der Waals surface area contributed by atoms with Crippen LogP contribution in [-0.2, 0) is 6.42 Å². The number of ether oxygens (including phenoxy) is 1. The number of nitrogen functional groups attached to an aromatic ring is 1. The predicted molar refractivity (Wildman–Crippen MR) is 89.4 cm³/mol. The molecule has 0 aromatic heterocycles. The van der Waals surface area contributed by atoms with Crippen LogP contribution in [0.1, 0.15) is 27.0 Å². The average molecular weight is 298 g/mol. The maximum absolute atomic E-state index is 12.2. The summed E-state index contributed by atoms with van der Waals surface area (Å²) < 4.78 is 5.31. The largest absolute Gasteiger partial charge is 0.496 e. The second-order valence-corrected chi connectivity index (χ2v) is 5.38. The molecule has 0 radical (unpaired) electrons. The van der Waals surface area contributed by atoms with Gasteiger partial charge in [0.2, 0.25) is 0 Å². The van der Waals surface area contributed by atoms with Gasteiger partial charge in [-0.1, -0.05) is 18.2 Å². The number of carbonyl (C=O) groups excluding carboxylic acids is 1. The van der Waals surface area contributed by atoms with Gasteiger partial charge in [-0.05, 0) is 55.2 Å². The van der Waals surface area contributed by atoms with Crippen molar-refractivity contribution in [2.24, 2.45) is 0 Å². The van der Waals surface area contributed by atoms with E-state index in [1.54, 1.807) is 19.2 Å². The maximum Gasteiger partial charge on any atom is 0.251 e. The zero-order valence-electron chi connectivity index (χ0n) is 13.3. The lowest BCUT2D eigenvalue weighted by molar-refractivity contribution is 0.0953. The van der Waals surface area contributed by atoms with Crippen LogP contribution in [0, 0.1) is 13.8 Å². The third-order valence-electron chi connectivity index (χ3n) is 3.68. The zero-order valence-corrected chi connectivity index (χ0v) is 13.3. The van der Waals surface area contributed by atoms with Gasteiger partial charge in [-0.3, -0.25) is 4.79 Å². The molecular formula is C18H22N2O2. The fraction of sp³-hybridized carbons (Fsp3) is 0.278. The molecule has 1 amide bonds. The van der Waals surface area contributed by atoms with Crippen molar-refractivity contribution in [3.8, 4) is 5.75 Å². The number of carbonyl (C=O) groups is 1. The Kier molecular flexibility index (Phi) is 5.04. The van der Waals surface area contributed by atoms with E-state index in [0.717, 1.165) is 28.9 Å². The number of aryl methyl sites for hydroxylation is 2. The Labute approximate surface area is 131 Å². The maximum atomic E-state index is 12.2. The molecule has 0 fully saturated rings. The second kappa shape index (κ2) is 6.98. The summed E-state index contributed by atoms with van der Waals surface area (Å²) in [6, 6.07) is 11.4. The number of benzene rings is 2. The first-order chi connectivity index (χ1) is 10.5. The third kappa shape index (κ3) is 3.79. The highest BCUT2D eigenvalue weighted by molar-refractivity contribution is 5.96. The van der Waals surface area contributed by atoms with Crippen LogP contribution in [0.25, 0.3) is 0 Å². The number of methoxy groups -OCH3 is 1. The average Bonchev–Trinajstić information content (AvgIpc) is 2.51. The van der Waals surface area contributed by atoms with Crippen molar-refractivity contribution in [2.75, 3.05) is 19.4 Å². The van der Waals surface area contributed by atoms with Gasteiger partial charge >= 0.3 is 0 Å². The molecule has 3 N–H and O–H groups in total. The molecule has 0 bridgehead atoms. The monoisotopic (exact) mass is 298 g/mol. The van der Waals surface area contributed by atoms with E-state index in [-0.39, 0.29) is 5.91 Å². The van der Waals surface area contributed by atoms with Crippen molar-refractivity contribution in [3.05, 3.63) is 58.7 Å². The van der Waals surface area contributed by atoms with Crippen molar-refractivity contribution in [1.29, 1.82) is 0 Å². The molecular weight excluding hydrogens is 276 g/mol. The molecule has 0 saturated heterocycles. The van der Waals surface area contributed by atoms with Crippen LogP contribution in [0.3, 0.4) is 0 Å². The van der Waals surface area contributed by atoms with Crippen molar-refractivity contribution >= 4 is 11.6 Å². The highest BCUT2D eigenvalue weighted by Crippen LogP contribution is 2.19. The van der Waals surface area contributed by atoms with Crippen molar-refractivity contribution < 1.29 is 9.53 Å². The summed E-state index contributed by atoms with van der Waals surface area (Å²) in [7, 11) is 1.66. The number of amides is 1. The first kappa shape index (κ1) is 15.9. The molecule has 0 heterocycles. The van der Waals surface area contributed by atoms with E-state index in [1.165, 1.54) is 0 Å². The van der Waals surface area contributed by atoms with Crippen molar-refractivity contribution in [1.82, 2.24) is 5.32 Å². The van der Waals surface area contributed by atoms with Gasteiger partial charge in [0.15, 0.2) is 0 Å². The molecule has 116 valence electrons. The molecule has 0 unspecified atom stereocenters. The molecule has 4 nitrogen and oxygen atoms in total. The number of anilines is 1. The zero-order chi connectivity index (χ0) is 16.1. The molecule has 2 aromatic carbocycles. The number of hydrogen-bond acceptors (Lipinski definition) is 3. The smallest absolute Gasteiger partial charge is 0.251 e. The number of hydrogen-bond donors (Lipinski definition) is 2.